The van der Waals surface area contributed by atoms with E-state index in [1.54, 1.807) is 6.20 Å². The molecule has 0 aliphatic carbocycles. The summed E-state index contributed by atoms with van der Waals surface area (Å²) in [5.74, 6) is 0.881. The molecule has 5 nitrogen and oxygen atoms in total. The first-order chi connectivity index (χ1) is 15.8. The molecule has 1 fully saturated rings. The number of ether oxygens (including phenoxy) is 1. The smallest absolute Gasteiger partial charge is 0.224 e. The third-order valence-electron chi connectivity index (χ3n) is 5.80. The van der Waals surface area contributed by atoms with E-state index in [-0.39, 0.29) is 5.91 Å². The summed E-state index contributed by atoms with van der Waals surface area (Å²) >= 11 is 0. The number of rotatable bonds is 9. The fourth-order valence-corrected chi connectivity index (χ4v) is 3.94. The van der Waals surface area contributed by atoms with Crippen LogP contribution >= 0.6 is 0 Å². The normalized spacial score (nSPS) is 14.1. The van der Waals surface area contributed by atoms with Crippen LogP contribution in [0.1, 0.15) is 30.4 Å². The molecule has 1 saturated heterocycles. The number of benzene rings is 2. The highest BCUT2D eigenvalue weighted by Crippen LogP contribution is 2.21. The van der Waals surface area contributed by atoms with Crippen molar-refractivity contribution in [2.75, 3.05) is 26.2 Å². The maximum Gasteiger partial charge on any atom is 0.224 e. The third-order valence-corrected chi connectivity index (χ3v) is 5.80. The number of likely N-dealkylation sites (tertiary alicyclic amines) is 1. The van der Waals surface area contributed by atoms with Gasteiger partial charge in [0.2, 0.25) is 5.91 Å². The number of carbonyl (C=O) groups is 1. The van der Waals surface area contributed by atoms with Gasteiger partial charge >= 0.3 is 0 Å². The standard InChI is InChI=1S/C27H31N3O2/c31-27(29-20-22-7-3-1-4-8-22)19-23-9-14-26(28-21-23)24-10-12-25(13-11-24)32-18-17-30-15-5-2-6-16-30/h1,3-4,7-14,21H,2,5-6,15-20H2,(H,29,31). The largest absolute Gasteiger partial charge is 0.492 e. The minimum atomic E-state index is -0.00513. The predicted octanol–water partition coefficient (Wildman–Crippen LogP) is 4.47. The third kappa shape index (κ3) is 6.66. The Morgan fingerprint density at radius 1 is 0.906 bits per heavy atom. The van der Waals surface area contributed by atoms with Crippen LogP contribution in [0.2, 0.25) is 0 Å². The predicted molar refractivity (Wildman–Crippen MR) is 127 cm³/mol. The van der Waals surface area contributed by atoms with E-state index in [9.17, 15) is 4.79 Å². The molecule has 0 saturated carbocycles. The Labute approximate surface area is 190 Å². The lowest BCUT2D eigenvalue weighted by Gasteiger charge is -2.26. The fourth-order valence-electron chi connectivity index (χ4n) is 3.94. The number of aromatic nitrogens is 1. The van der Waals surface area contributed by atoms with E-state index in [0.717, 1.165) is 41.3 Å². The lowest BCUT2D eigenvalue weighted by molar-refractivity contribution is -0.120. The molecular weight excluding hydrogens is 398 g/mol. The highest BCUT2D eigenvalue weighted by molar-refractivity contribution is 5.78. The topological polar surface area (TPSA) is 54.5 Å². The van der Waals surface area contributed by atoms with Gasteiger partial charge in [-0.1, -0.05) is 42.8 Å². The van der Waals surface area contributed by atoms with Gasteiger partial charge in [0.1, 0.15) is 12.4 Å². The molecule has 0 bridgehead atoms. The average Bonchev–Trinajstić information content (AvgIpc) is 2.85. The van der Waals surface area contributed by atoms with Crippen molar-refractivity contribution in [2.24, 2.45) is 0 Å². The first-order valence-corrected chi connectivity index (χ1v) is 11.5. The van der Waals surface area contributed by atoms with E-state index in [0.29, 0.717) is 13.0 Å². The second kappa shape index (κ2) is 11.4. The van der Waals surface area contributed by atoms with E-state index >= 15 is 0 Å². The number of pyridine rings is 1. The Bertz CT molecular complexity index is 966. The van der Waals surface area contributed by atoms with Crippen molar-refractivity contribution < 1.29 is 9.53 Å². The summed E-state index contributed by atoms with van der Waals surface area (Å²) in [4.78, 5) is 19.2. The van der Waals surface area contributed by atoms with Crippen LogP contribution in [0.4, 0.5) is 0 Å². The first-order valence-electron chi connectivity index (χ1n) is 11.5. The molecule has 5 heteroatoms. The molecule has 1 aliphatic rings. The van der Waals surface area contributed by atoms with Gasteiger partial charge in [-0.25, -0.2) is 0 Å². The van der Waals surface area contributed by atoms with E-state index in [2.05, 4.69) is 15.2 Å². The van der Waals surface area contributed by atoms with Crippen LogP contribution in [-0.2, 0) is 17.8 Å². The Morgan fingerprint density at radius 2 is 1.69 bits per heavy atom. The minimum absolute atomic E-state index is 0.00513. The van der Waals surface area contributed by atoms with Crippen molar-refractivity contribution in [3.63, 3.8) is 0 Å². The molecular formula is C27H31N3O2. The molecule has 1 aliphatic heterocycles. The highest BCUT2D eigenvalue weighted by atomic mass is 16.5. The Kier molecular flexibility index (Phi) is 7.88. The fraction of sp³-hybridized carbons (Fsp3) is 0.333. The zero-order valence-electron chi connectivity index (χ0n) is 18.5. The van der Waals surface area contributed by atoms with Gasteiger partial charge in [-0.05, 0) is 67.4 Å². The highest BCUT2D eigenvalue weighted by Gasteiger charge is 2.10. The van der Waals surface area contributed by atoms with Crippen molar-refractivity contribution in [2.45, 2.75) is 32.2 Å². The quantitative estimate of drug-likeness (QED) is 0.545. The van der Waals surface area contributed by atoms with Crippen LogP contribution in [0.25, 0.3) is 11.3 Å². The number of hydrogen-bond donors (Lipinski definition) is 1. The van der Waals surface area contributed by atoms with Crippen LogP contribution in [0.5, 0.6) is 5.75 Å². The number of nitrogens with zero attached hydrogens (tertiary/aromatic N) is 2. The van der Waals surface area contributed by atoms with Crippen LogP contribution < -0.4 is 10.1 Å². The average molecular weight is 430 g/mol. The van der Waals surface area contributed by atoms with Crippen molar-refractivity contribution in [1.29, 1.82) is 0 Å². The van der Waals surface area contributed by atoms with Crippen molar-refractivity contribution in [3.8, 4) is 17.0 Å². The van der Waals surface area contributed by atoms with E-state index < -0.39 is 0 Å². The molecule has 0 atom stereocenters. The number of hydrogen-bond acceptors (Lipinski definition) is 4. The molecule has 166 valence electrons. The summed E-state index contributed by atoms with van der Waals surface area (Å²) in [6.45, 7) is 4.64. The lowest BCUT2D eigenvalue weighted by atomic mass is 10.1. The molecule has 1 aromatic heterocycles. The minimum Gasteiger partial charge on any atom is -0.492 e. The second-order valence-corrected chi connectivity index (χ2v) is 8.27. The summed E-state index contributed by atoms with van der Waals surface area (Å²) in [5.41, 5.74) is 3.91. The van der Waals surface area contributed by atoms with E-state index in [1.165, 1.54) is 32.4 Å². The van der Waals surface area contributed by atoms with Gasteiger partial charge in [-0.15, -0.1) is 0 Å². The summed E-state index contributed by atoms with van der Waals surface area (Å²) in [6, 6.07) is 21.9. The number of piperidine rings is 1. The van der Waals surface area contributed by atoms with Crippen LogP contribution in [0.15, 0.2) is 72.9 Å². The Morgan fingerprint density at radius 3 is 2.41 bits per heavy atom. The molecule has 1 amide bonds. The van der Waals surface area contributed by atoms with E-state index in [4.69, 9.17) is 4.74 Å². The molecule has 3 aromatic rings. The second-order valence-electron chi connectivity index (χ2n) is 8.27. The molecule has 2 heterocycles. The molecule has 0 spiro atoms. The van der Waals surface area contributed by atoms with Crippen molar-refractivity contribution >= 4 is 5.91 Å². The van der Waals surface area contributed by atoms with Crippen molar-refractivity contribution in [1.82, 2.24) is 15.2 Å². The zero-order chi connectivity index (χ0) is 22.0. The zero-order valence-corrected chi connectivity index (χ0v) is 18.5. The van der Waals surface area contributed by atoms with Gasteiger partial charge in [0.15, 0.2) is 0 Å². The Balaban J connectivity index is 1.23. The molecule has 4 rings (SSSR count). The van der Waals surface area contributed by atoms with Gasteiger partial charge in [0.05, 0.1) is 12.1 Å². The van der Waals surface area contributed by atoms with Gasteiger partial charge in [-0.2, -0.15) is 0 Å². The summed E-state index contributed by atoms with van der Waals surface area (Å²) < 4.78 is 5.91. The van der Waals surface area contributed by atoms with Crippen LogP contribution in [0, 0.1) is 0 Å². The maximum absolute atomic E-state index is 12.2. The summed E-state index contributed by atoms with van der Waals surface area (Å²) in [7, 11) is 0. The number of nitrogens with one attached hydrogen (secondary N) is 1. The van der Waals surface area contributed by atoms with Crippen molar-refractivity contribution in [3.05, 3.63) is 84.1 Å². The molecule has 2 aromatic carbocycles. The monoisotopic (exact) mass is 429 g/mol. The summed E-state index contributed by atoms with van der Waals surface area (Å²) in [6.07, 6.45) is 6.07. The number of amides is 1. The molecule has 1 N–H and O–H groups in total. The van der Waals surface area contributed by atoms with Crippen LogP contribution in [-0.4, -0.2) is 42.0 Å². The van der Waals surface area contributed by atoms with Gasteiger partial charge in [-0.3, -0.25) is 14.7 Å². The summed E-state index contributed by atoms with van der Waals surface area (Å²) in [5, 5.41) is 2.95. The number of carbonyl (C=O) groups excluding carboxylic acids is 1. The van der Waals surface area contributed by atoms with Gasteiger partial charge in [0.25, 0.3) is 0 Å². The maximum atomic E-state index is 12.2. The first kappa shape index (κ1) is 22.0. The van der Waals surface area contributed by atoms with E-state index in [1.807, 2.05) is 66.7 Å². The van der Waals surface area contributed by atoms with Gasteiger partial charge < -0.3 is 10.1 Å². The molecule has 0 radical (unpaired) electrons. The lowest BCUT2D eigenvalue weighted by Crippen LogP contribution is -2.33. The Hall–Kier alpha value is -3.18. The van der Waals surface area contributed by atoms with Crippen LogP contribution in [0.3, 0.4) is 0 Å². The molecule has 32 heavy (non-hydrogen) atoms. The van der Waals surface area contributed by atoms with Gasteiger partial charge in [0, 0.05) is 24.8 Å². The SMILES string of the molecule is O=C(Cc1ccc(-c2ccc(OCCN3CCCCC3)cc2)nc1)NCc1ccccc1. The molecule has 0 unspecified atom stereocenters.